The van der Waals surface area contributed by atoms with Crippen molar-refractivity contribution in [3.63, 3.8) is 0 Å². The number of rotatable bonds is 14. The Balaban J connectivity index is 1.24. The van der Waals surface area contributed by atoms with Crippen LogP contribution in [0.2, 0.25) is 0 Å². The minimum Gasteiger partial charge on any atom is -0.495 e. The first kappa shape index (κ1) is 23.0. The van der Waals surface area contributed by atoms with Gasteiger partial charge in [0.25, 0.3) is 0 Å². The molecule has 0 amide bonds. The number of H-pyrrole nitrogens is 1. The summed E-state index contributed by atoms with van der Waals surface area (Å²) >= 11 is 0. The van der Waals surface area contributed by atoms with Gasteiger partial charge in [-0.05, 0) is 75.1 Å². The summed E-state index contributed by atoms with van der Waals surface area (Å²) in [6, 6.07) is 18.1. The molecule has 0 atom stereocenters. The van der Waals surface area contributed by atoms with E-state index in [2.05, 4.69) is 52.0 Å². The average molecular weight is 422 g/mol. The predicted molar refractivity (Wildman–Crippen MR) is 129 cm³/mol. The largest absolute Gasteiger partial charge is 0.495 e. The van der Waals surface area contributed by atoms with Crippen LogP contribution < -0.4 is 20.9 Å². The lowest BCUT2D eigenvalue weighted by atomic mass is 10.0. The van der Waals surface area contributed by atoms with Gasteiger partial charge in [-0.25, -0.2) is 0 Å². The molecule has 5 heteroatoms. The van der Waals surface area contributed by atoms with E-state index in [0.717, 1.165) is 49.9 Å². The number of benzene rings is 2. The minimum atomic E-state index is -0.104. The molecule has 5 nitrogen and oxygen atoms in total. The quantitative estimate of drug-likeness (QED) is 0.344. The molecule has 166 valence electrons. The van der Waals surface area contributed by atoms with Gasteiger partial charge in [0.2, 0.25) is 5.56 Å². The number of hydrogen-bond donors (Lipinski definition) is 3. The molecule has 3 aromatic rings. The topological polar surface area (TPSA) is 66.2 Å². The third-order valence-corrected chi connectivity index (χ3v) is 5.63. The highest BCUT2D eigenvalue weighted by Crippen LogP contribution is 2.25. The Morgan fingerprint density at radius 3 is 2.19 bits per heavy atom. The van der Waals surface area contributed by atoms with Gasteiger partial charge in [0.05, 0.1) is 12.6 Å². The molecule has 2 aromatic carbocycles. The maximum absolute atomic E-state index is 11.7. The van der Waals surface area contributed by atoms with Crippen molar-refractivity contribution in [1.82, 2.24) is 15.6 Å². The molecule has 0 radical (unpaired) electrons. The summed E-state index contributed by atoms with van der Waals surface area (Å²) in [7, 11) is 1.63. The van der Waals surface area contributed by atoms with Gasteiger partial charge < -0.3 is 20.4 Å². The van der Waals surface area contributed by atoms with E-state index in [0.29, 0.717) is 5.75 Å². The van der Waals surface area contributed by atoms with Crippen LogP contribution in [0.5, 0.6) is 5.75 Å². The maximum Gasteiger partial charge on any atom is 0.248 e. The lowest BCUT2D eigenvalue weighted by molar-refractivity contribution is 0.418. The van der Waals surface area contributed by atoms with E-state index in [4.69, 9.17) is 4.74 Å². The smallest absolute Gasteiger partial charge is 0.248 e. The van der Waals surface area contributed by atoms with Crippen LogP contribution in [0, 0.1) is 0 Å². The van der Waals surface area contributed by atoms with Gasteiger partial charge in [0.1, 0.15) is 5.75 Å². The van der Waals surface area contributed by atoms with E-state index in [1.54, 1.807) is 13.2 Å². The zero-order valence-corrected chi connectivity index (χ0v) is 18.6. The average Bonchev–Trinajstić information content (AvgIpc) is 2.80. The summed E-state index contributed by atoms with van der Waals surface area (Å²) in [4.78, 5) is 14.5. The molecule has 1 heterocycles. The fourth-order valence-electron chi connectivity index (χ4n) is 3.88. The van der Waals surface area contributed by atoms with E-state index in [1.807, 2.05) is 12.1 Å². The summed E-state index contributed by atoms with van der Waals surface area (Å²) in [5.74, 6) is 0.707. The van der Waals surface area contributed by atoms with Crippen LogP contribution in [-0.2, 0) is 12.8 Å². The molecule has 0 fully saturated rings. The number of fused-ring (bicyclic) bond motifs is 1. The first-order valence-electron chi connectivity index (χ1n) is 11.4. The second-order valence-corrected chi connectivity index (χ2v) is 7.94. The van der Waals surface area contributed by atoms with Crippen LogP contribution in [0.4, 0.5) is 0 Å². The van der Waals surface area contributed by atoms with Crippen molar-refractivity contribution >= 4 is 10.9 Å². The van der Waals surface area contributed by atoms with Crippen molar-refractivity contribution in [3.05, 3.63) is 76.1 Å². The van der Waals surface area contributed by atoms with Crippen LogP contribution in [-0.4, -0.2) is 38.3 Å². The third kappa shape index (κ3) is 7.53. The van der Waals surface area contributed by atoms with Gasteiger partial charge in [-0.1, -0.05) is 49.2 Å². The number of methoxy groups -OCH3 is 1. The molecular formula is C26H35N3O2. The summed E-state index contributed by atoms with van der Waals surface area (Å²) in [5, 5.41) is 8.15. The Hall–Kier alpha value is -2.63. The molecule has 3 N–H and O–H groups in total. The molecule has 31 heavy (non-hydrogen) atoms. The number of hydrogen-bond acceptors (Lipinski definition) is 4. The van der Waals surface area contributed by atoms with E-state index in [1.165, 1.54) is 36.8 Å². The fourth-order valence-corrected chi connectivity index (χ4v) is 3.88. The minimum absolute atomic E-state index is 0.104. The third-order valence-electron chi connectivity index (χ3n) is 5.63. The van der Waals surface area contributed by atoms with Crippen LogP contribution in [0.15, 0.2) is 59.4 Å². The number of aromatic nitrogens is 1. The predicted octanol–water partition coefficient (Wildman–Crippen LogP) is 4.06. The summed E-state index contributed by atoms with van der Waals surface area (Å²) in [6.07, 6.45) is 7.02. The highest BCUT2D eigenvalue weighted by Gasteiger charge is 2.07. The van der Waals surface area contributed by atoms with E-state index < -0.39 is 0 Å². The van der Waals surface area contributed by atoms with Crippen molar-refractivity contribution in [2.24, 2.45) is 0 Å². The highest BCUT2D eigenvalue weighted by molar-refractivity contribution is 5.87. The lowest BCUT2D eigenvalue weighted by Gasteiger charge is -2.11. The van der Waals surface area contributed by atoms with Crippen LogP contribution in [0.1, 0.15) is 36.8 Å². The summed E-state index contributed by atoms with van der Waals surface area (Å²) in [6.45, 7) is 4.14. The van der Waals surface area contributed by atoms with Gasteiger partial charge >= 0.3 is 0 Å². The molecule has 0 bridgehead atoms. The Kier molecular flexibility index (Phi) is 9.61. The fraction of sp³-hybridized carbons (Fsp3) is 0.423. The van der Waals surface area contributed by atoms with Gasteiger partial charge in [-0.2, -0.15) is 0 Å². The Morgan fingerprint density at radius 2 is 1.48 bits per heavy atom. The summed E-state index contributed by atoms with van der Waals surface area (Å²) in [5.41, 5.74) is 3.30. The normalized spacial score (nSPS) is 11.1. The molecule has 0 aliphatic carbocycles. The molecule has 0 saturated carbocycles. The highest BCUT2D eigenvalue weighted by atomic mass is 16.5. The van der Waals surface area contributed by atoms with Gasteiger partial charge in [-0.3, -0.25) is 4.79 Å². The maximum atomic E-state index is 11.7. The first-order chi connectivity index (χ1) is 15.3. The van der Waals surface area contributed by atoms with Crippen molar-refractivity contribution in [1.29, 1.82) is 0 Å². The Bertz CT molecular complexity index is 969. The number of unbranched alkanes of at least 4 members (excludes halogenated alkanes) is 3. The van der Waals surface area contributed by atoms with E-state index >= 15 is 0 Å². The Labute approximate surface area is 185 Å². The summed E-state index contributed by atoms with van der Waals surface area (Å²) < 4.78 is 5.38. The zero-order chi connectivity index (χ0) is 21.7. The van der Waals surface area contributed by atoms with Crippen molar-refractivity contribution in [2.75, 3.05) is 33.3 Å². The molecule has 0 spiro atoms. The first-order valence-corrected chi connectivity index (χ1v) is 11.4. The van der Waals surface area contributed by atoms with Crippen LogP contribution >= 0.6 is 0 Å². The molecule has 0 unspecified atom stereocenters. The number of nitrogens with one attached hydrogen (secondary N) is 3. The van der Waals surface area contributed by atoms with E-state index in [-0.39, 0.29) is 5.56 Å². The SMILES string of the molecule is COc1ccc(CCNCCCCCCNCCc2ccccc2)c2ccc(=O)[nH]c12. The van der Waals surface area contributed by atoms with Gasteiger partial charge in [0.15, 0.2) is 0 Å². The molecule has 1 aromatic heterocycles. The number of pyridine rings is 1. The second-order valence-electron chi connectivity index (χ2n) is 7.94. The number of ether oxygens (including phenoxy) is 1. The van der Waals surface area contributed by atoms with Crippen molar-refractivity contribution in [2.45, 2.75) is 38.5 Å². The Morgan fingerprint density at radius 1 is 0.774 bits per heavy atom. The number of aromatic amines is 1. The van der Waals surface area contributed by atoms with Gasteiger partial charge in [-0.15, -0.1) is 0 Å². The molecule has 0 aliphatic rings. The molecule has 0 aliphatic heterocycles. The van der Waals surface area contributed by atoms with E-state index in [9.17, 15) is 4.79 Å². The lowest BCUT2D eigenvalue weighted by Crippen LogP contribution is -2.19. The van der Waals surface area contributed by atoms with Crippen LogP contribution in [0.25, 0.3) is 10.9 Å². The zero-order valence-electron chi connectivity index (χ0n) is 18.6. The molecular weight excluding hydrogens is 386 g/mol. The molecule has 3 rings (SSSR count). The van der Waals surface area contributed by atoms with Gasteiger partial charge in [0, 0.05) is 11.5 Å². The second kappa shape index (κ2) is 12.9. The monoisotopic (exact) mass is 421 g/mol. The standard InChI is InChI=1S/C26H35N3O2/c1-31-24-13-11-22(23-12-14-25(30)29-26(23)24)16-20-28-18-8-3-2-7-17-27-19-15-21-9-5-4-6-10-21/h4-6,9-14,27-28H,2-3,7-8,15-20H2,1H3,(H,29,30). The van der Waals surface area contributed by atoms with Crippen molar-refractivity contribution in [3.8, 4) is 5.75 Å². The van der Waals surface area contributed by atoms with Crippen molar-refractivity contribution < 1.29 is 4.74 Å². The van der Waals surface area contributed by atoms with Crippen LogP contribution in [0.3, 0.4) is 0 Å². The molecule has 0 saturated heterocycles.